The zero-order valence-corrected chi connectivity index (χ0v) is 20.3. The Morgan fingerprint density at radius 2 is 1.51 bits per heavy atom. The van der Waals surface area contributed by atoms with Crippen molar-refractivity contribution in [3.05, 3.63) is 90.0 Å². The second-order valence-corrected chi connectivity index (χ2v) is 11.2. The minimum absolute atomic E-state index is 0.0138. The van der Waals surface area contributed by atoms with Crippen molar-refractivity contribution in [1.29, 1.82) is 5.26 Å². The van der Waals surface area contributed by atoms with Crippen LogP contribution in [0.3, 0.4) is 0 Å². The SMILES string of the molecule is N#Cc1ccc(-c2ccc([C@H]3[C@H]4CN(S(=O)(=O)c5ccccc5)CCCCN4[C@H]3CO)cc2)cc1. The van der Waals surface area contributed by atoms with Crippen molar-refractivity contribution in [3.63, 3.8) is 0 Å². The molecule has 0 bridgehead atoms. The Morgan fingerprint density at radius 1 is 0.886 bits per heavy atom. The van der Waals surface area contributed by atoms with Gasteiger partial charge in [0.15, 0.2) is 0 Å². The predicted molar refractivity (Wildman–Crippen MR) is 135 cm³/mol. The highest BCUT2D eigenvalue weighted by molar-refractivity contribution is 7.89. The predicted octanol–water partition coefficient (Wildman–Crippen LogP) is 3.84. The molecule has 2 aliphatic rings. The van der Waals surface area contributed by atoms with Crippen molar-refractivity contribution in [2.45, 2.75) is 35.7 Å². The van der Waals surface area contributed by atoms with Crippen molar-refractivity contribution in [2.24, 2.45) is 0 Å². The molecule has 180 valence electrons. The van der Waals surface area contributed by atoms with E-state index in [1.54, 1.807) is 28.6 Å². The van der Waals surface area contributed by atoms with E-state index in [9.17, 15) is 13.5 Å². The molecule has 2 aliphatic heterocycles. The van der Waals surface area contributed by atoms with Crippen LogP contribution in [0, 0.1) is 11.3 Å². The van der Waals surface area contributed by atoms with E-state index >= 15 is 0 Å². The third-order valence-electron chi connectivity index (χ3n) is 7.36. The highest BCUT2D eigenvalue weighted by Gasteiger charge is 2.50. The first-order valence-electron chi connectivity index (χ1n) is 12.1. The van der Waals surface area contributed by atoms with Crippen LogP contribution in [-0.4, -0.2) is 61.1 Å². The molecule has 0 aliphatic carbocycles. The van der Waals surface area contributed by atoms with Gasteiger partial charge in [-0.05, 0) is 60.3 Å². The average molecular weight is 488 g/mol. The monoisotopic (exact) mass is 487 g/mol. The molecule has 35 heavy (non-hydrogen) atoms. The molecule has 2 saturated heterocycles. The smallest absolute Gasteiger partial charge is 0.243 e. The van der Waals surface area contributed by atoms with Crippen molar-refractivity contribution in [2.75, 3.05) is 26.2 Å². The first kappa shape index (κ1) is 23.7. The van der Waals surface area contributed by atoms with Crippen LogP contribution in [0.15, 0.2) is 83.8 Å². The van der Waals surface area contributed by atoms with Crippen LogP contribution in [-0.2, 0) is 10.0 Å². The third-order valence-corrected chi connectivity index (χ3v) is 9.24. The van der Waals surface area contributed by atoms with Crippen molar-refractivity contribution in [1.82, 2.24) is 9.21 Å². The molecule has 6 nitrogen and oxygen atoms in total. The Labute approximate surface area is 207 Å². The van der Waals surface area contributed by atoms with Gasteiger partial charge in [0.25, 0.3) is 0 Å². The van der Waals surface area contributed by atoms with Crippen LogP contribution >= 0.6 is 0 Å². The summed E-state index contributed by atoms with van der Waals surface area (Å²) in [6, 6.07) is 26.6. The summed E-state index contributed by atoms with van der Waals surface area (Å²) in [5, 5.41) is 19.2. The number of aliphatic hydroxyl groups is 1. The van der Waals surface area contributed by atoms with Gasteiger partial charge in [-0.15, -0.1) is 0 Å². The number of hydrogen-bond donors (Lipinski definition) is 1. The number of fused-ring (bicyclic) bond motifs is 1. The fraction of sp³-hybridized carbons (Fsp3) is 0.321. The van der Waals surface area contributed by atoms with Crippen LogP contribution in [0.5, 0.6) is 0 Å². The summed E-state index contributed by atoms with van der Waals surface area (Å²) in [7, 11) is -3.58. The van der Waals surface area contributed by atoms with Gasteiger partial charge in [0.1, 0.15) is 0 Å². The van der Waals surface area contributed by atoms with E-state index in [2.05, 4.69) is 35.2 Å². The van der Waals surface area contributed by atoms with E-state index < -0.39 is 10.0 Å². The molecule has 0 amide bonds. The van der Waals surface area contributed by atoms with Gasteiger partial charge >= 0.3 is 0 Å². The zero-order valence-electron chi connectivity index (χ0n) is 19.5. The summed E-state index contributed by atoms with van der Waals surface area (Å²) in [5.41, 5.74) is 3.84. The molecule has 2 heterocycles. The molecular weight excluding hydrogens is 458 g/mol. The maximum atomic E-state index is 13.4. The fourth-order valence-corrected chi connectivity index (χ4v) is 7.02. The Bertz CT molecular complexity index is 1300. The Morgan fingerprint density at radius 3 is 2.14 bits per heavy atom. The second kappa shape index (κ2) is 9.92. The van der Waals surface area contributed by atoms with E-state index in [0.717, 1.165) is 36.1 Å². The number of hydrogen-bond acceptors (Lipinski definition) is 5. The van der Waals surface area contributed by atoms with Crippen LogP contribution in [0.1, 0.15) is 29.9 Å². The topological polar surface area (TPSA) is 84.6 Å². The highest BCUT2D eigenvalue weighted by atomic mass is 32.2. The van der Waals surface area contributed by atoms with Gasteiger partial charge in [0, 0.05) is 31.1 Å². The number of aliphatic hydroxyl groups excluding tert-OH is 1. The summed E-state index contributed by atoms with van der Waals surface area (Å²) in [4.78, 5) is 2.61. The van der Waals surface area contributed by atoms with E-state index in [4.69, 9.17) is 5.26 Å². The maximum Gasteiger partial charge on any atom is 0.243 e. The van der Waals surface area contributed by atoms with Gasteiger partial charge in [-0.1, -0.05) is 54.6 Å². The van der Waals surface area contributed by atoms with E-state index in [0.29, 0.717) is 23.5 Å². The van der Waals surface area contributed by atoms with Gasteiger partial charge in [0.2, 0.25) is 10.0 Å². The quantitative estimate of drug-likeness (QED) is 0.591. The highest BCUT2D eigenvalue weighted by Crippen LogP contribution is 2.43. The molecule has 0 saturated carbocycles. The molecule has 3 aromatic carbocycles. The first-order chi connectivity index (χ1) is 17.0. The number of nitrogens with zero attached hydrogens (tertiary/aromatic N) is 3. The standard InChI is InChI=1S/C28H29N3O3S/c29-18-21-8-10-22(11-9-21)23-12-14-24(15-13-23)28-26-19-30(16-4-5-17-31(26)27(28)20-32)35(33,34)25-6-2-1-3-7-25/h1-3,6-15,26-28,32H,4-5,16-17,19-20H2/t26-,27+,28+/m1/s1. The number of sulfonamides is 1. The molecule has 7 heteroatoms. The number of rotatable bonds is 5. The van der Waals surface area contributed by atoms with Crippen molar-refractivity contribution < 1.29 is 13.5 Å². The minimum atomic E-state index is -3.58. The molecule has 0 radical (unpaired) electrons. The average Bonchev–Trinajstić information content (AvgIpc) is 2.88. The Hall–Kier alpha value is -3.02. The van der Waals surface area contributed by atoms with Crippen LogP contribution in [0.4, 0.5) is 0 Å². The number of nitriles is 1. The third kappa shape index (κ3) is 4.51. The lowest BCUT2D eigenvalue weighted by atomic mass is 9.74. The lowest BCUT2D eigenvalue weighted by molar-refractivity contribution is -0.0553. The van der Waals surface area contributed by atoms with E-state index in [1.807, 2.05) is 30.3 Å². The fourth-order valence-electron chi connectivity index (χ4n) is 5.50. The Balaban J connectivity index is 1.41. The van der Waals surface area contributed by atoms with E-state index in [1.165, 1.54) is 0 Å². The summed E-state index contributed by atoms with van der Waals surface area (Å²) in [6.07, 6.45) is 1.70. The van der Waals surface area contributed by atoms with Crippen LogP contribution < -0.4 is 0 Å². The summed E-state index contributed by atoms with van der Waals surface area (Å²) in [6.45, 7) is 1.84. The lowest BCUT2D eigenvalue weighted by Crippen LogP contribution is -2.67. The molecule has 5 rings (SSSR count). The van der Waals surface area contributed by atoms with Crippen molar-refractivity contribution in [3.8, 4) is 17.2 Å². The molecule has 3 atom stereocenters. The molecule has 0 unspecified atom stereocenters. The maximum absolute atomic E-state index is 13.4. The largest absolute Gasteiger partial charge is 0.395 e. The molecule has 0 spiro atoms. The lowest BCUT2D eigenvalue weighted by Gasteiger charge is -2.57. The van der Waals surface area contributed by atoms with Gasteiger partial charge < -0.3 is 5.11 Å². The normalized spacial score (nSPS) is 23.4. The molecule has 3 aromatic rings. The zero-order chi connectivity index (χ0) is 24.4. The van der Waals surface area contributed by atoms with E-state index in [-0.39, 0.29) is 24.6 Å². The number of benzene rings is 3. The summed E-state index contributed by atoms with van der Waals surface area (Å²) >= 11 is 0. The summed E-state index contributed by atoms with van der Waals surface area (Å²) in [5.74, 6) is 0.0570. The molecular formula is C28H29N3O3S. The molecule has 0 aromatic heterocycles. The molecule has 1 N–H and O–H groups in total. The first-order valence-corrected chi connectivity index (χ1v) is 13.5. The van der Waals surface area contributed by atoms with Gasteiger partial charge in [-0.3, -0.25) is 4.90 Å². The van der Waals surface area contributed by atoms with Crippen molar-refractivity contribution >= 4 is 10.0 Å². The summed E-state index contributed by atoms with van der Waals surface area (Å²) < 4.78 is 28.4. The van der Waals surface area contributed by atoms with Crippen LogP contribution in [0.2, 0.25) is 0 Å². The minimum Gasteiger partial charge on any atom is -0.395 e. The van der Waals surface area contributed by atoms with Gasteiger partial charge in [0.05, 0.1) is 23.1 Å². The molecule has 2 fully saturated rings. The Kier molecular flexibility index (Phi) is 6.72. The van der Waals surface area contributed by atoms with Gasteiger partial charge in [-0.25, -0.2) is 8.42 Å². The van der Waals surface area contributed by atoms with Gasteiger partial charge in [-0.2, -0.15) is 9.57 Å². The second-order valence-electron chi connectivity index (χ2n) is 9.28. The van der Waals surface area contributed by atoms with Crippen LogP contribution in [0.25, 0.3) is 11.1 Å².